The molecule has 4 aromatic heterocycles. The maximum atomic E-state index is 11.3. The van der Waals surface area contributed by atoms with Crippen molar-refractivity contribution in [2.45, 2.75) is 214 Å². The number of imidazole rings is 1. The fourth-order valence-corrected chi connectivity index (χ4v) is 10.9. The summed E-state index contributed by atoms with van der Waals surface area (Å²) in [5.41, 5.74) is 16.9. The van der Waals surface area contributed by atoms with E-state index in [0.29, 0.717) is 59.2 Å². The van der Waals surface area contributed by atoms with Crippen LogP contribution in [0.2, 0.25) is 0 Å². The molecule has 109 heavy (non-hydrogen) atoms. The highest BCUT2D eigenvalue weighted by atomic mass is 32.1. The van der Waals surface area contributed by atoms with Crippen molar-refractivity contribution in [2.24, 2.45) is 18.9 Å². The van der Waals surface area contributed by atoms with Crippen LogP contribution in [0.5, 0.6) is 11.5 Å². The number of ether oxygens (including phenoxy) is 2. The molecule has 0 radical (unpaired) electrons. The minimum Gasteiger partial charge on any atom is -0.497 e. The van der Waals surface area contributed by atoms with Gasteiger partial charge in [0, 0.05) is 48.5 Å². The van der Waals surface area contributed by atoms with Crippen LogP contribution < -0.4 is 14.8 Å². The number of rotatable bonds is 15. The Kier molecular flexibility index (Phi) is 44.6. The highest BCUT2D eigenvalue weighted by Crippen LogP contribution is 2.26. The molecule has 12 aromatic rings. The van der Waals surface area contributed by atoms with E-state index in [2.05, 4.69) is 343 Å². The van der Waals surface area contributed by atoms with E-state index >= 15 is 0 Å². The van der Waals surface area contributed by atoms with E-state index in [1.165, 1.54) is 77.9 Å². The fourth-order valence-electron chi connectivity index (χ4n) is 10.3. The molecule has 0 aliphatic heterocycles. The predicted octanol–water partition coefficient (Wildman–Crippen LogP) is 28.4. The third kappa shape index (κ3) is 38.5. The van der Waals surface area contributed by atoms with Crippen molar-refractivity contribution in [2.75, 3.05) is 20.3 Å². The summed E-state index contributed by atoms with van der Waals surface area (Å²) in [6.45, 7) is 53.4. The largest absolute Gasteiger partial charge is 0.497 e. The first-order chi connectivity index (χ1) is 51.8. The van der Waals surface area contributed by atoms with Crippen LogP contribution >= 0.6 is 11.3 Å². The number of amides is 1. The number of thiophene rings is 1. The summed E-state index contributed by atoms with van der Waals surface area (Å²) in [7, 11) is 3.71. The zero-order valence-corrected chi connectivity index (χ0v) is 72.2. The van der Waals surface area contributed by atoms with Crippen molar-refractivity contribution < 1.29 is 14.3 Å². The van der Waals surface area contributed by atoms with Crippen LogP contribution in [-0.4, -0.2) is 45.7 Å². The molecule has 0 atom stereocenters. The van der Waals surface area contributed by atoms with E-state index in [0.717, 1.165) is 51.8 Å². The summed E-state index contributed by atoms with van der Waals surface area (Å²) in [5.74, 6) is 7.84. The number of carbonyl (C=O) groups is 1. The second-order valence-electron chi connectivity index (χ2n) is 31.0. The number of hydrogen-bond donors (Lipinski definition) is 1. The third-order valence-corrected chi connectivity index (χ3v) is 18.3. The summed E-state index contributed by atoms with van der Waals surface area (Å²) < 4.78 is 12.9. The van der Waals surface area contributed by atoms with Crippen molar-refractivity contribution in [3.05, 3.63) is 327 Å². The Bertz CT molecular complexity index is 4160. The van der Waals surface area contributed by atoms with E-state index in [-0.39, 0.29) is 5.91 Å². The zero-order valence-electron chi connectivity index (χ0n) is 71.4. The molecular formula is C100H135N5O3S. The summed E-state index contributed by atoms with van der Waals surface area (Å²) in [4.78, 5) is 24.8. The second kappa shape index (κ2) is 51.8. The lowest BCUT2D eigenvalue weighted by molar-refractivity contribution is 0.0953. The molecule has 12 rings (SSSR count). The van der Waals surface area contributed by atoms with Gasteiger partial charge in [-0.1, -0.05) is 343 Å². The lowest BCUT2D eigenvalue weighted by atomic mass is 9.99. The lowest BCUT2D eigenvalue weighted by Gasteiger charge is -2.10. The summed E-state index contributed by atoms with van der Waals surface area (Å²) in [6.07, 6.45) is 5.56. The number of methoxy groups -OCH3 is 1. The first-order valence-electron chi connectivity index (χ1n) is 39.3. The van der Waals surface area contributed by atoms with Crippen LogP contribution in [0.25, 0.3) is 21.7 Å². The Labute approximate surface area is 664 Å². The number of nitrogens with zero attached hydrogens (tertiary/aromatic N) is 4. The SMILES string of the molecule is CC(C)CNC(=O)c1cccs1.CC(C)c1ccc2ccccc2c1.CC(C)c1ccccc1.CC(C)c1ccccn1.CC(C)c1cncn1C.COc1cccc(C(C)C)c1.Cc1ccc(C(C)C)cc1.Cc1ccc(C(C)C)cc1.Cc1ccc(C(C)C)cc1.Cc1ccc2cccc(OCC(C)C)c2n1. The Morgan fingerprint density at radius 3 is 1.30 bits per heavy atom. The van der Waals surface area contributed by atoms with Gasteiger partial charge in [-0.05, 0) is 179 Å². The van der Waals surface area contributed by atoms with Gasteiger partial charge in [-0.3, -0.25) is 9.78 Å². The minimum atomic E-state index is 0.0405. The Morgan fingerprint density at radius 1 is 0.431 bits per heavy atom. The molecule has 1 amide bonds. The van der Waals surface area contributed by atoms with Crippen molar-refractivity contribution in [1.82, 2.24) is 24.8 Å². The number of hydrogen-bond acceptors (Lipinski definition) is 7. The Balaban J connectivity index is 0.000000316. The van der Waals surface area contributed by atoms with Crippen LogP contribution in [0.4, 0.5) is 0 Å². The van der Waals surface area contributed by atoms with E-state index in [1.54, 1.807) is 7.11 Å². The molecule has 1 N–H and O–H groups in total. The number of para-hydroxylation sites is 1. The highest BCUT2D eigenvalue weighted by Gasteiger charge is 2.08. The molecule has 8 aromatic carbocycles. The van der Waals surface area contributed by atoms with Gasteiger partial charge in [0.1, 0.15) is 17.0 Å². The van der Waals surface area contributed by atoms with Gasteiger partial charge < -0.3 is 19.4 Å². The highest BCUT2D eigenvalue weighted by molar-refractivity contribution is 7.12. The van der Waals surface area contributed by atoms with Crippen LogP contribution in [0.15, 0.2) is 255 Å². The van der Waals surface area contributed by atoms with Crippen LogP contribution in [0, 0.1) is 39.5 Å². The van der Waals surface area contributed by atoms with Gasteiger partial charge in [0.05, 0.1) is 24.9 Å². The maximum absolute atomic E-state index is 11.3. The van der Waals surface area contributed by atoms with Crippen LogP contribution in [0.1, 0.15) is 263 Å². The lowest BCUT2D eigenvalue weighted by Crippen LogP contribution is -2.26. The van der Waals surface area contributed by atoms with Crippen molar-refractivity contribution in [3.8, 4) is 11.5 Å². The number of benzene rings is 8. The summed E-state index contributed by atoms with van der Waals surface area (Å²) >= 11 is 1.47. The van der Waals surface area contributed by atoms with Crippen LogP contribution in [0.3, 0.4) is 0 Å². The number of fused-ring (bicyclic) bond motifs is 2. The number of aryl methyl sites for hydroxylation is 5. The Morgan fingerprint density at radius 2 is 0.890 bits per heavy atom. The molecule has 0 aliphatic carbocycles. The molecule has 8 nitrogen and oxygen atoms in total. The van der Waals surface area contributed by atoms with Crippen molar-refractivity contribution in [3.63, 3.8) is 0 Å². The van der Waals surface area contributed by atoms with E-state index in [1.807, 2.05) is 109 Å². The Hall–Kier alpha value is -9.44. The normalized spacial score (nSPS) is 10.5. The van der Waals surface area contributed by atoms with Gasteiger partial charge >= 0.3 is 0 Å². The van der Waals surface area contributed by atoms with E-state index < -0.39 is 0 Å². The van der Waals surface area contributed by atoms with Crippen molar-refractivity contribution >= 4 is 38.9 Å². The summed E-state index contributed by atoms with van der Waals surface area (Å²) in [6, 6.07) is 79.9. The average molecular weight is 1490 g/mol. The van der Waals surface area contributed by atoms with E-state index in [4.69, 9.17) is 9.47 Å². The number of pyridine rings is 2. The molecule has 0 unspecified atom stereocenters. The molecule has 0 spiro atoms. The molecule has 584 valence electrons. The summed E-state index contributed by atoms with van der Waals surface area (Å²) in [5, 5.41) is 8.56. The zero-order chi connectivity index (χ0) is 81.0. The molecular weight excluding hydrogens is 1350 g/mol. The number of aromatic nitrogens is 4. The first kappa shape index (κ1) is 93.8. The monoisotopic (exact) mass is 1490 g/mol. The minimum absolute atomic E-state index is 0.0405. The predicted molar refractivity (Wildman–Crippen MR) is 475 cm³/mol. The van der Waals surface area contributed by atoms with Crippen molar-refractivity contribution in [1.29, 1.82) is 0 Å². The standard InChI is InChI=1S/C14H17NO.C13H14.C10H14O.3C10H14.C9H13NOS.C9H12.C8H11N.C7H12N2/c1-10(2)9-16-13-6-4-5-12-8-7-11(3)15-14(12)13;1-10(2)12-8-7-11-5-3-4-6-13(11)9-12;1-8(2)9-5-4-6-10(7-9)11-3;3*1-8(2)10-6-4-9(3)5-7-10;1-7(2)6-10-9(11)8-4-3-5-12-8;1-8(2)9-6-4-3-5-7-9;1-7(2)8-5-3-4-6-9-8;1-6(2)7-4-8-5-9(7)3/h4-8,10H,9H2,1-3H3;3-10H,1-2H3;4-8H,1-3H3;3*4-8H,1-3H3;3-5,7H,6H2,1-2H3,(H,10,11);3-8H,1-2H3;3-7H,1-2H3;4-6H,1-3H3. The molecule has 9 heteroatoms. The average Bonchev–Trinajstić information content (AvgIpc) is 1.39. The van der Waals surface area contributed by atoms with Crippen LogP contribution in [-0.2, 0) is 7.05 Å². The van der Waals surface area contributed by atoms with Gasteiger partial charge in [-0.2, -0.15) is 0 Å². The van der Waals surface area contributed by atoms with Gasteiger partial charge in [0.25, 0.3) is 5.91 Å². The molecule has 0 saturated carbocycles. The molecule has 0 bridgehead atoms. The number of carbonyl (C=O) groups excluding carboxylic acids is 1. The third-order valence-electron chi connectivity index (χ3n) is 17.4. The maximum Gasteiger partial charge on any atom is 0.261 e. The molecule has 0 saturated heterocycles. The smallest absolute Gasteiger partial charge is 0.261 e. The van der Waals surface area contributed by atoms with Gasteiger partial charge in [-0.15, -0.1) is 11.3 Å². The molecule has 0 aliphatic rings. The fraction of sp³-hybridized carbons (Fsp3) is 0.380. The van der Waals surface area contributed by atoms with Gasteiger partial charge in [0.15, 0.2) is 0 Å². The van der Waals surface area contributed by atoms with Gasteiger partial charge in [-0.25, -0.2) is 9.97 Å². The number of nitrogens with one attached hydrogen (secondary N) is 1. The topological polar surface area (TPSA) is 91.2 Å². The second-order valence-corrected chi connectivity index (χ2v) is 32.0. The first-order valence-corrected chi connectivity index (χ1v) is 40.2. The quantitative estimate of drug-likeness (QED) is 0.110. The molecule has 0 fully saturated rings. The van der Waals surface area contributed by atoms with Gasteiger partial charge in [0.2, 0.25) is 0 Å². The van der Waals surface area contributed by atoms with E-state index in [9.17, 15) is 4.79 Å². The molecule has 4 heterocycles.